The first kappa shape index (κ1) is 25.5. The lowest BCUT2D eigenvalue weighted by atomic mass is 9.68. The SMILES string of the molecule is CC(C)(C)C1(C[C@H]2COc3cc4ncnc(Nc5cccc(Br)c5F)c4cc3O2)CNCCN1C(=O)O. The number of fused-ring (bicyclic) bond motifs is 2. The summed E-state index contributed by atoms with van der Waals surface area (Å²) in [6, 6.07) is 8.54. The van der Waals surface area contributed by atoms with Gasteiger partial charge in [0.15, 0.2) is 17.3 Å². The second-order valence-electron chi connectivity index (χ2n) is 10.4. The topological polar surface area (TPSA) is 109 Å². The Labute approximate surface area is 222 Å². The van der Waals surface area contributed by atoms with Gasteiger partial charge in [-0.05, 0) is 39.5 Å². The molecule has 5 rings (SSSR count). The maximum atomic E-state index is 14.6. The number of aromatic nitrogens is 2. The third-order valence-electron chi connectivity index (χ3n) is 7.26. The van der Waals surface area contributed by atoms with Gasteiger partial charge in [0.1, 0.15) is 24.9 Å². The molecule has 3 N–H and O–H groups in total. The van der Waals surface area contributed by atoms with Gasteiger partial charge in [-0.3, -0.25) is 4.90 Å². The van der Waals surface area contributed by atoms with Gasteiger partial charge in [-0.15, -0.1) is 0 Å². The number of carbonyl (C=O) groups is 1. The van der Waals surface area contributed by atoms with Crippen LogP contribution in [0.4, 0.5) is 20.7 Å². The van der Waals surface area contributed by atoms with E-state index >= 15 is 0 Å². The standard InChI is InChI=1S/C26H29BrFN5O4/c1-25(2,3)26(13-29-7-8-33(26)24(34)35)11-15-12-36-20-10-19-16(9-21(20)37-15)23(31-14-30-19)32-18-6-4-5-17(27)22(18)28/h4-6,9-10,14-15,29H,7-8,11-13H2,1-3H3,(H,34,35)(H,30,31,32)/t15-,26?/m0/s1. The minimum atomic E-state index is -0.938. The molecule has 1 amide bonds. The van der Waals surface area contributed by atoms with E-state index < -0.39 is 17.4 Å². The van der Waals surface area contributed by atoms with Gasteiger partial charge >= 0.3 is 6.09 Å². The van der Waals surface area contributed by atoms with Gasteiger partial charge in [-0.25, -0.2) is 19.2 Å². The monoisotopic (exact) mass is 573 g/mol. The lowest BCUT2D eigenvalue weighted by molar-refractivity contribution is -0.0520. The van der Waals surface area contributed by atoms with Crippen molar-refractivity contribution in [1.82, 2.24) is 20.2 Å². The molecular weight excluding hydrogens is 545 g/mol. The summed E-state index contributed by atoms with van der Waals surface area (Å²) in [6.45, 7) is 7.97. The first-order valence-corrected chi connectivity index (χ1v) is 12.9. The van der Waals surface area contributed by atoms with Crippen molar-refractivity contribution >= 4 is 44.4 Å². The van der Waals surface area contributed by atoms with E-state index in [1.54, 1.807) is 35.2 Å². The number of anilines is 2. The average Bonchev–Trinajstić information content (AvgIpc) is 2.85. The van der Waals surface area contributed by atoms with Crippen molar-refractivity contribution in [2.24, 2.45) is 5.41 Å². The van der Waals surface area contributed by atoms with Crippen molar-refractivity contribution < 1.29 is 23.8 Å². The molecule has 0 radical (unpaired) electrons. The molecule has 3 aromatic rings. The third-order valence-corrected chi connectivity index (χ3v) is 7.87. The summed E-state index contributed by atoms with van der Waals surface area (Å²) < 4.78 is 27.4. The Hall–Kier alpha value is -3.18. The van der Waals surface area contributed by atoms with E-state index in [-0.39, 0.29) is 23.8 Å². The quantitative estimate of drug-likeness (QED) is 0.392. The number of rotatable bonds is 4. The molecule has 2 aliphatic heterocycles. The molecule has 11 heteroatoms. The highest BCUT2D eigenvalue weighted by Gasteiger charge is 2.52. The van der Waals surface area contributed by atoms with E-state index in [0.29, 0.717) is 58.7 Å². The molecule has 37 heavy (non-hydrogen) atoms. The van der Waals surface area contributed by atoms with E-state index in [4.69, 9.17) is 9.47 Å². The van der Waals surface area contributed by atoms with Crippen LogP contribution < -0.4 is 20.1 Å². The highest BCUT2D eigenvalue weighted by atomic mass is 79.9. The normalized spacial score (nSPS) is 21.6. The number of nitrogens with one attached hydrogen (secondary N) is 2. The maximum absolute atomic E-state index is 14.6. The second-order valence-corrected chi connectivity index (χ2v) is 11.3. The minimum Gasteiger partial charge on any atom is -0.486 e. The highest BCUT2D eigenvalue weighted by Crippen LogP contribution is 2.44. The molecular formula is C26H29BrFN5O4. The molecule has 2 aromatic carbocycles. The largest absolute Gasteiger partial charge is 0.486 e. The Morgan fingerprint density at radius 3 is 2.89 bits per heavy atom. The molecule has 0 saturated carbocycles. The molecule has 1 unspecified atom stereocenters. The molecule has 1 fully saturated rings. The molecule has 1 saturated heterocycles. The van der Waals surface area contributed by atoms with E-state index in [1.807, 2.05) is 0 Å². The molecule has 0 bridgehead atoms. The van der Waals surface area contributed by atoms with Crippen molar-refractivity contribution in [3.63, 3.8) is 0 Å². The first-order valence-electron chi connectivity index (χ1n) is 12.1. The Balaban J connectivity index is 1.46. The van der Waals surface area contributed by atoms with Gasteiger partial charge in [0, 0.05) is 37.5 Å². The van der Waals surface area contributed by atoms with Gasteiger partial charge < -0.3 is 25.2 Å². The molecule has 2 atom stereocenters. The van der Waals surface area contributed by atoms with Crippen LogP contribution >= 0.6 is 15.9 Å². The number of carboxylic acid groups (broad SMARTS) is 1. The number of amides is 1. The lowest BCUT2D eigenvalue weighted by Gasteiger charge is -2.55. The van der Waals surface area contributed by atoms with Crippen LogP contribution in [-0.2, 0) is 0 Å². The van der Waals surface area contributed by atoms with Crippen LogP contribution in [0.1, 0.15) is 27.2 Å². The summed E-state index contributed by atoms with van der Waals surface area (Å²) in [6.07, 6.45) is 0.539. The molecule has 2 aliphatic rings. The number of nitrogens with zero attached hydrogens (tertiary/aromatic N) is 3. The van der Waals surface area contributed by atoms with Gasteiger partial charge in [-0.1, -0.05) is 26.8 Å². The second kappa shape index (κ2) is 9.60. The lowest BCUT2D eigenvalue weighted by Crippen LogP contribution is -2.69. The van der Waals surface area contributed by atoms with Crippen LogP contribution in [0.15, 0.2) is 41.1 Å². The predicted molar refractivity (Wildman–Crippen MR) is 141 cm³/mol. The minimum absolute atomic E-state index is 0.271. The van der Waals surface area contributed by atoms with Crippen LogP contribution in [0, 0.1) is 11.2 Å². The molecule has 0 aliphatic carbocycles. The van der Waals surface area contributed by atoms with Crippen molar-refractivity contribution in [3.8, 4) is 11.5 Å². The Kier molecular flexibility index (Phi) is 6.61. The van der Waals surface area contributed by atoms with Crippen LogP contribution in [0.3, 0.4) is 0 Å². The van der Waals surface area contributed by atoms with Gasteiger partial charge in [0.25, 0.3) is 0 Å². The van der Waals surface area contributed by atoms with Gasteiger partial charge in [-0.2, -0.15) is 0 Å². The highest BCUT2D eigenvalue weighted by molar-refractivity contribution is 9.10. The Morgan fingerprint density at radius 1 is 1.32 bits per heavy atom. The number of halogens is 2. The summed E-state index contributed by atoms with van der Waals surface area (Å²) in [7, 11) is 0. The van der Waals surface area contributed by atoms with Crippen molar-refractivity contribution in [2.75, 3.05) is 31.6 Å². The molecule has 3 heterocycles. The molecule has 196 valence electrons. The zero-order valence-corrected chi connectivity index (χ0v) is 22.4. The Bertz CT molecular complexity index is 1350. The average molecular weight is 574 g/mol. The van der Waals surface area contributed by atoms with E-state index in [0.717, 1.165) is 0 Å². The van der Waals surface area contributed by atoms with Gasteiger partial charge in [0.05, 0.1) is 21.2 Å². The maximum Gasteiger partial charge on any atom is 0.407 e. The van der Waals surface area contributed by atoms with E-state index in [2.05, 4.69) is 57.3 Å². The van der Waals surface area contributed by atoms with Crippen molar-refractivity contribution in [1.29, 1.82) is 0 Å². The Morgan fingerprint density at radius 2 is 2.14 bits per heavy atom. The van der Waals surface area contributed by atoms with E-state index in [1.165, 1.54) is 6.33 Å². The first-order chi connectivity index (χ1) is 17.6. The zero-order chi connectivity index (χ0) is 26.4. The van der Waals surface area contributed by atoms with Crippen molar-refractivity contribution in [3.05, 3.63) is 46.9 Å². The fraction of sp³-hybridized carbons (Fsp3) is 0.423. The van der Waals surface area contributed by atoms with Crippen LogP contribution in [0.5, 0.6) is 11.5 Å². The fourth-order valence-corrected chi connectivity index (χ4v) is 5.57. The van der Waals surface area contributed by atoms with E-state index in [9.17, 15) is 14.3 Å². The zero-order valence-electron chi connectivity index (χ0n) is 20.8. The summed E-state index contributed by atoms with van der Waals surface area (Å²) in [5.74, 6) is 1.05. The predicted octanol–water partition coefficient (Wildman–Crippen LogP) is 5.17. The smallest absolute Gasteiger partial charge is 0.407 e. The molecule has 9 nitrogen and oxygen atoms in total. The van der Waals surface area contributed by atoms with Gasteiger partial charge in [0.2, 0.25) is 0 Å². The number of benzene rings is 2. The number of hydrogen-bond acceptors (Lipinski definition) is 7. The third kappa shape index (κ3) is 4.66. The fourth-order valence-electron chi connectivity index (χ4n) is 5.20. The van der Waals surface area contributed by atoms with Crippen LogP contribution in [0.2, 0.25) is 0 Å². The number of piperazine rings is 1. The van der Waals surface area contributed by atoms with Crippen LogP contribution in [-0.4, -0.2) is 64.0 Å². The number of ether oxygens (including phenoxy) is 2. The molecule has 1 aromatic heterocycles. The summed E-state index contributed by atoms with van der Waals surface area (Å²) in [5.41, 5.74) is -0.153. The van der Waals surface area contributed by atoms with Crippen molar-refractivity contribution in [2.45, 2.75) is 38.8 Å². The summed E-state index contributed by atoms with van der Waals surface area (Å²) in [4.78, 5) is 22.4. The summed E-state index contributed by atoms with van der Waals surface area (Å²) >= 11 is 3.21. The summed E-state index contributed by atoms with van der Waals surface area (Å²) in [5, 5.41) is 17.1. The molecule has 0 spiro atoms. The number of hydrogen-bond donors (Lipinski definition) is 3. The van der Waals surface area contributed by atoms with Crippen LogP contribution in [0.25, 0.3) is 10.9 Å².